The molecule has 2 fully saturated rings. The molecular weight excluding hydrogens is 292 g/mol. The Morgan fingerprint density at radius 1 is 1.39 bits per heavy atom. The Hall–Kier alpha value is -1.69. The van der Waals surface area contributed by atoms with Gasteiger partial charge in [0.1, 0.15) is 12.1 Å². The van der Waals surface area contributed by atoms with Crippen LogP contribution >= 0.6 is 0 Å². The molecule has 1 amide bonds. The number of nitrogens with zero attached hydrogens (tertiary/aromatic N) is 4. The summed E-state index contributed by atoms with van der Waals surface area (Å²) in [5, 5.41) is 0. The normalized spacial score (nSPS) is 23.8. The van der Waals surface area contributed by atoms with E-state index in [4.69, 9.17) is 4.74 Å². The summed E-state index contributed by atoms with van der Waals surface area (Å²) >= 11 is 0. The molecule has 3 heterocycles. The van der Waals surface area contributed by atoms with Crippen LogP contribution in [0.3, 0.4) is 0 Å². The van der Waals surface area contributed by atoms with Crippen LogP contribution in [0.5, 0.6) is 0 Å². The van der Waals surface area contributed by atoms with Crippen molar-refractivity contribution in [2.24, 2.45) is 0 Å². The van der Waals surface area contributed by atoms with Crippen LogP contribution in [-0.4, -0.2) is 59.2 Å². The second-order valence-electron chi connectivity index (χ2n) is 6.81. The van der Waals surface area contributed by atoms with E-state index < -0.39 is 0 Å². The number of aromatic nitrogens is 2. The first-order chi connectivity index (χ1) is 11.0. The molecule has 6 heteroatoms. The first-order valence-corrected chi connectivity index (χ1v) is 8.40. The van der Waals surface area contributed by atoms with Gasteiger partial charge in [0.25, 0.3) is 0 Å². The molecule has 2 saturated heterocycles. The largest absolute Gasteiger partial charge is 0.375 e. The minimum absolute atomic E-state index is 0.0782. The predicted molar refractivity (Wildman–Crippen MR) is 88.4 cm³/mol. The summed E-state index contributed by atoms with van der Waals surface area (Å²) in [7, 11) is 1.91. The Morgan fingerprint density at radius 2 is 2.13 bits per heavy atom. The third-order valence-corrected chi connectivity index (χ3v) is 5.30. The number of ether oxygens (including phenoxy) is 1. The van der Waals surface area contributed by atoms with E-state index in [2.05, 4.69) is 14.9 Å². The zero-order chi connectivity index (χ0) is 16.4. The van der Waals surface area contributed by atoms with Gasteiger partial charge >= 0.3 is 0 Å². The van der Waals surface area contributed by atoms with E-state index in [9.17, 15) is 4.79 Å². The summed E-state index contributed by atoms with van der Waals surface area (Å²) in [6.45, 7) is 6.25. The zero-order valence-corrected chi connectivity index (χ0v) is 14.3. The lowest BCUT2D eigenvalue weighted by Crippen LogP contribution is -2.54. The summed E-state index contributed by atoms with van der Waals surface area (Å²) in [6.07, 6.45) is 5.48. The van der Waals surface area contributed by atoms with Crippen molar-refractivity contribution in [1.82, 2.24) is 14.9 Å². The van der Waals surface area contributed by atoms with Crippen molar-refractivity contribution in [2.75, 3.05) is 31.6 Å². The minimum Gasteiger partial charge on any atom is -0.375 e. The molecule has 0 unspecified atom stereocenters. The van der Waals surface area contributed by atoms with Crippen molar-refractivity contribution in [3.63, 3.8) is 0 Å². The van der Waals surface area contributed by atoms with E-state index in [1.807, 2.05) is 24.9 Å². The lowest BCUT2D eigenvalue weighted by atomic mass is 9.82. The average molecular weight is 318 g/mol. The molecule has 0 saturated carbocycles. The van der Waals surface area contributed by atoms with Crippen LogP contribution in [0.1, 0.15) is 38.3 Å². The highest BCUT2D eigenvalue weighted by molar-refractivity contribution is 5.73. The molecule has 2 aliphatic heterocycles. The highest BCUT2D eigenvalue weighted by Crippen LogP contribution is 2.37. The summed E-state index contributed by atoms with van der Waals surface area (Å²) in [5.74, 6) is 1.14. The number of carbonyl (C=O) groups excluding carboxylic acids is 1. The monoisotopic (exact) mass is 318 g/mol. The number of amides is 1. The summed E-state index contributed by atoms with van der Waals surface area (Å²) in [5.41, 5.74) is 0.915. The van der Waals surface area contributed by atoms with Gasteiger partial charge < -0.3 is 14.5 Å². The van der Waals surface area contributed by atoms with Crippen LogP contribution < -0.4 is 4.90 Å². The topological polar surface area (TPSA) is 58.6 Å². The molecule has 0 N–H and O–H groups in total. The fourth-order valence-electron chi connectivity index (χ4n) is 3.69. The number of hydrogen-bond acceptors (Lipinski definition) is 5. The third-order valence-electron chi connectivity index (χ3n) is 5.30. The van der Waals surface area contributed by atoms with Crippen molar-refractivity contribution in [3.8, 4) is 0 Å². The van der Waals surface area contributed by atoms with Gasteiger partial charge in [-0.2, -0.15) is 0 Å². The molecule has 2 aliphatic rings. The summed E-state index contributed by atoms with van der Waals surface area (Å²) in [6, 6.07) is 2.33. The Balaban J connectivity index is 1.64. The molecule has 6 nitrogen and oxygen atoms in total. The van der Waals surface area contributed by atoms with Crippen LogP contribution in [0.4, 0.5) is 5.82 Å². The summed E-state index contributed by atoms with van der Waals surface area (Å²) in [4.78, 5) is 24.4. The molecule has 23 heavy (non-hydrogen) atoms. The molecule has 126 valence electrons. The number of rotatable bonds is 2. The van der Waals surface area contributed by atoms with Gasteiger partial charge in [0.2, 0.25) is 5.91 Å². The van der Waals surface area contributed by atoms with Crippen molar-refractivity contribution in [3.05, 3.63) is 18.1 Å². The Morgan fingerprint density at radius 3 is 2.78 bits per heavy atom. The van der Waals surface area contributed by atoms with Crippen LogP contribution in [0.25, 0.3) is 0 Å². The van der Waals surface area contributed by atoms with Gasteiger partial charge in [0.05, 0.1) is 5.60 Å². The quantitative estimate of drug-likeness (QED) is 0.832. The molecule has 1 atom stereocenters. The molecule has 0 bridgehead atoms. The number of piperidine rings is 1. The van der Waals surface area contributed by atoms with Gasteiger partial charge in [-0.15, -0.1) is 0 Å². The van der Waals surface area contributed by atoms with E-state index >= 15 is 0 Å². The van der Waals surface area contributed by atoms with Crippen molar-refractivity contribution in [2.45, 2.75) is 51.2 Å². The fourth-order valence-corrected chi connectivity index (χ4v) is 3.69. The number of hydrogen-bond donors (Lipinski definition) is 0. The van der Waals surface area contributed by atoms with Crippen molar-refractivity contribution < 1.29 is 9.53 Å². The Kier molecular flexibility index (Phi) is 4.53. The molecule has 1 spiro atoms. The standard InChI is InChI=1S/C17H26N4O2/c1-13-10-16(19-12-18-13)21-7-5-17(6-8-21)11-15(4-9-23-17)20(3)14(2)22/h10,12,15H,4-9,11H2,1-3H3/t15-/m1/s1. The smallest absolute Gasteiger partial charge is 0.219 e. The van der Waals surface area contributed by atoms with E-state index in [0.717, 1.165) is 56.9 Å². The first-order valence-electron chi connectivity index (χ1n) is 8.40. The van der Waals surface area contributed by atoms with E-state index in [1.54, 1.807) is 13.3 Å². The molecule has 1 aromatic rings. The van der Waals surface area contributed by atoms with Gasteiger partial charge in [0.15, 0.2) is 0 Å². The number of anilines is 1. The lowest BCUT2D eigenvalue weighted by Gasteiger charge is -2.48. The molecule has 0 aromatic carbocycles. The molecule has 0 radical (unpaired) electrons. The van der Waals surface area contributed by atoms with Gasteiger partial charge in [0, 0.05) is 51.5 Å². The van der Waals surface area contributed by atoms with Gasteiger partial charge in [-0.05, 0) is 32.6 Å². The maximum atomic E-state index is 11.6. The molecule has 3 rings (SSSR count). The van der Waals surface area contributed by atoms with Crippen LogP contribution in [-0.2, 0) is 9.53 Å². The van der Waals surface area contributed by atoms with E-state index in [-0.39, 0.29) is 11.5 Å². The minimum atomic E-state index is -0.0782. The van der Waals surface area contributed by atoms with Crippen molar-refractivity contribution >= 4 is 11.7 Å². The number of carbonyl (C=O) groups is 1. The average Bonchev–Trinajstić information content (AvgIpc) is 2.55. The molecule has 0 aliphatic carbocycles. The Bertz CT molecular complexity index is 569. The second-order valence-corrected chi connectivity index (χ2v) is 6.81. The van der Waals surface area contributed by atoms with Crippen LogP contribution in [0, 0.1) is 6.92 Å². The van der Waals surface area contributed by atoms with E-state index in [1.165, 1.54) is 0 Å². The van der Waals surface area contributed by atoms with Crippen LogP contribution in [0.2, 0.25) is 0 Å². The fraction of sp³-hybridized carbons (Fsp3) is 0.706. The van der Waals surface area contributed by atoms with Gasteiger partial charge in [-0.1, -0.05) is 0 Å². The maximum absolute atomic E-state index is 11.6. The van der Waals surface area contributed by atoms with Gasteiger partial charge in [-0.3, -0.25) is 4.79 Å². The predicted octanol–water partition coefficient (Wildman–Crippen LogP) is 1.78. The first kappa shape index (κ1) is 16.2. The van der Waals surface area contributed by atoms with Crippen LogP contribution in [0.15, 0.2) is 12.4 Å². The third kappa shape index (κ3) is 3.47. The number of aryl methyl sites for hydroxylation is 1. The highest BCUT2D eigenvalue weighted by atomic mass is 16.5. The SMILES string of the molecule is CC(=O)N(C)[C@@H]1CCOC2(CCN(c3cc(C)ncn3)CC2)C1. The van der Waals surface area contributed by atoms with E-state index in [0.29, 0.717) is 6.04 Å². The van der Waals surface area contributed by atoms with Gasteiger partial charge in [-0.25, -0.2) is 9.97 Å². The molecule has 1 aromatic heterocycles. The lowest BCUT2D eigenvalue weighted by molar-refractivity contribution is -0.141. The molecular formula is C17H26N4O2. The maximum Gasteiger partial charge on any atom is 0.219 e. The Labute approximate surface area is 137 Å². The highest BCUT2D eigenvalue weighted by Gasteiger charge is 2.41. The second kappa shape index (κ2) is 6.43. The van der Waals surface area contributed by atoms with Crippen molar-refractivity contribution in [1.29, 1.82) is 0 Å². The summed E-state index contributed by atoms with van der Waals surface area (Å²) < 4.78 is 6.18. The zero-order valence-electron chi connectivity index (χ0n) is 14.3.